The van der Waals surface area contributed by atoms with Gasteiger partial charge < -0.3 is 0 Å². The Morgan fingerprint density at radius 3 is 2.77 bits per heavy atom. The van der Waals surface area contributed by atoms with Crippen LogP contribution in [0.3, 0.4) is 0 Å². The zero-order chi connectivity index (χ0) is 9.64. The van der Waals surface area contributed by atoms with Crippen LogP contribution in [-0.2, 0) is 19.9 Å². The molecule has 2 nitrogen and oxygen atoms in total. The van der Waals surface area contributed by atoms with Crippen molar-refractivity contribution in [1.29, 1.82) is 0 Å². The van der Waals surface area contributed by atoms with Gasteiger partial charge in [-0.05, 0) is 37.2 Å². The van der Waals surface area contributed by atoms with E-state index in [0.717, 1.165) is 0 Å². The molecule has 1 heterocycles. The Hall–Kier alpha value is -0.790. The van der Waals surface area contributed by atoms with Crippen molar-refractivity contribution in [3.63, 3.8) is 0 Å². The summed E-state index contributed by atoms with van der Waals surface area (Å²) in [5, 5.41) is 4.47. The van der Waals surface area contributed by atoms with Gasteiger partial charge in [0.05, 0.1) is 5.69 Å². The first-order chi connectivity index (χ1) is 5.99. The number of rotatable bonds is 0. The van der Waals surface area contributed by atoms with Gasteiger partial charge in [-0.15, -0.1) is 0 Å². The monoisotopic (exact) mass is 178 g/mol. The lowest BCUT2D eigenvalue weighted by Crippen LogP contribution is -2.22. The van der Waals surface area contributed by atoms with Crippen molar-refractivity contribution < 1.29 is 0 Å². The van der Waals surface area contributed by atoms with E-state index in [-0.39, 0.29) is 0 Å². The highest BCUT2D eigenvalue weighted by molar-refractivity contribution is 5.29. The second kappa shape index (κ2) is 2.60. The average Bonchev–Trinajstić information content (AvgIpc) is 2.26. The molecule has 0 aromatic carbocycles. The summed E-state index contributed by atoms with van der Waals surface area (Å²) < 4.78 is 2.06. The number of aryl methyl sites for hydroxylation is 2. The third-order valence-corrected chi connectivity index (χ3v) is 3.17. The molecule has 0 aliphatic heterocycles. The molecule has 2 heteroatoms. The van der Waals surface area contributed by atoms with Crippen LogP contribution in [0.15, 0.2) is 0 Å². The van der Waals surface area contributed by atoms with E-state index >= 15 is 0 Å². The maximum atomic E-state index is 4.47. The minimum Gasteiger partial charge on any atom is -0.272 e. The standard InChI is InChI=1S/C11H18N2/c1-8-9-7-11(2,3)6-5-10(9)13(4)12-8/h5-7H2,1-4H3. The van der Waals surface area contributed by atoms with Gasteiger partial charge in [-0.25, -0.2) is 0 Å². The fraction of sp³-hybridized carbons (Fsp3) is 0.727. The van der Waals surface area contributed by atoms with E-state index in [1.165, 1.54) is 36.2 Å². The third kappa shape index (κ3) is 1.38. The van der Waals surface area contributed by atoms with Crippen LogP contribution >= 0.6 is 0 Å². The van der Waals surface area contributed by atoms with Gasteiger partial charge in [-0.1, -0.05) is 13.8 Å². The summed E-state index contributed by atoms with van der Waals surface area (Å²) in [7, 11) is 2.06. The predicted molar refractivity (Wildman–Crippen MR) is 53.8 cm³/mol. The van der Waals surface area contributed by atoms with Gasteiger partial charge in [0.2, 0.25) is 0 Å². The van der Waals surface area contributed by atoms with E-state index in [1.54, 1.807) is 0 Å². The molecule has 1 aromatic heterocycles. The molecular weight excluding hydrogens is 160 g/mol. The van der Waals surface area contributed by atoms with Crippen LogP contribution in [0.2, 0.25) is 0 Å². The van der Waals surface area contributed by atoms with Crippen LogP contribution < -0.4 is 0 Å². The molecule has 0 unspecified atom stereocenters. The van der Waals surface area contributed by atoms with Gasteiger partial charge in [-0.3, -0.25) is 4.68 Å². The Balaban J connectivity index is 2.45. The zero-order valence-corrected chi connectivity index (χ0v) is 9.02. The maximum absolute atomic E-state index is 4.47. The SMILES string of the molecule is Cc1nn(C)c2c1CC(C)(C)CC2. The molecule has 0 fully saturated rings. The van der Waals surface area contributed by atoms with Gasteiger partial charge in [0.1, 0.15) is 0 Å². The van der Waals surface area contributed by atoms with Crippen LogP contribution in [0.5, 0.6) is 0 Å². The molecule has 0 N–H and O–H groups in total. The Kier molecular flexibility index (Phi) is 1.76. The van der Waals surface area contributed by atoms with Gasteiger partial charge in [0.15, 0.2) is 0 Å². The summed E-state index contributed by atoms with van der Waals surface area (Å²) in [4.78, 5) is 0. The van der Waals surface area contributed by atoms with Gasteiger partial charge >= 0.3 is 0 Å². The number of hydrogen-bond donors (Lipinski definition) is 0. The first-order valence-corrected chi connectivity index (χ1v) is 5.01. The second-order valence-electron chi connectivity index (χ2n) is 4.98. The fourth-order valence-corrected chi connectivity index (χ4v) is 2.32. The number of aromatic nitrogens is 2. The lowest BCUT2D eigenvalue weighted by molar-refractivity contribution is 0.310. The molecule has 0 atom stereocenters. The van der Waals surface area contributed by atoms with E-state index in [0.29, 0.717) is 5.41 Å². The maximum Gasteiger partial charge on any atom is 0.0628 e. The van der Waals surface area contributed by atoms with Crippen molar-refractivity contribution in [3.05, 3.63) is 17.0 Å². The van der Waals surface area contributed by atoms with Gasteiger partial charge in [0.25, 0.3) is 0 Å². The third-order valence-electron chi connectivity index (χ3n) is 3.17. The second-order valence-corrected chi connectivity index (χ2v) is 4.98. The molecule has 1 aromatic rings. The molecule has 1 aliphatic rings. The zero-order valence-electron chi connectivity index (χ0n) is 9.02. The predicted octanol–water partition coefficient (Wildman–Crippen LogP) is 2.24. The minimum atomic E-state index is 0.473. The highest BCUT2D eigenvalue weighted by Gasteiger charge is 2.28. The molecule has 1 aliphatic carbocycles. The topological polar surface area (TPSA) is 17.8 Å². The van der Waals surface area contributed by atoms with Crippen molar-refractivity contribution in [2.75, 3.05) is 0 Å². The molecule has 0 saturated heterocycles. The largest absolute Gasteiger partial charge is 0.272 e. The Labute approximate surface area is 80.0 Å². The molecule has 2 rings (SSSR count). The highest BCUT2D eigenvalue weighted by atomic mass is 15.3. The summed E-state index contributed by atoms with van der Waals surface area (Å²) in [5.41, 5.74) is 4.65. The van der Waals surface area contributed by atoms with Crippen LogP contribution in [-0.4, -0.2) is 9.78 Å². The minimum absolute atomic E-state index is 0.473. The molecule has 0 bridgehead atoms. The Morgan fingerprint density at radius 2 is 2.08 bits per heavy atom. The molecule has 0 amide bonds. The van der Waals surface area contributed by atoms with Crippen molar-refractivity contribution in [2.45, 2.75) is 40.0 Å². The Bertz CT molecular complexity index is 334. The van der Waals surface area contributed by atoms with E-state index in [4.69, 9.17) is 0 Å². The molecular formula is C11H18N2. The summed E-state index contributed by atoms with van der Waals surface area (Å²) in [5.74, 6) is 0. The number of nitrogens with zero attached hydrogens (tertiary/aromatic N) is 2. The van der Waals surface area contributed by atoms with Crippen LogP contribution in [0.4, 0.5) is 0 Å². The molecule has 0 saturated carbocycles. The van der Waals surface area contributed by atoms with Crippen molar-refractivity contribution in [2.24, 2.45) is 12.5 Å². The molecule has 0 radical (unpaired) electrons. The van der Waals surface area contributed by atoms with Crippen molar-refractivity contribution in [3.8, 4) is 0 Å². The van der Waals surface area contributed by atoms with Crippen molar-refractivity contribution >= 4 is 0 Å². The van der Waals surface area contributed by atoms with Gasteiger partial charge in [-0.2, -0.15) is 5.10 Å². The van der Waals surface area contributed by atoms with Crippen LogP contribution in [0.1, 0.15) is 37.2 Å². The highest BCUT2D eigenvalue weighted by Crippen LogP contribution is 2.35. The number of hydrogen-bond acceptors (Lipinski definition) is 1. The lowest BCUT2D eigenvalue weighted by Gasteiger charge is -2.29. The molecule has 0 spiro atoms. The van der Waals surface area contributed by atoms with Crippen LogP contribution in [0, 0.1) is 12.3 Å². The fourth-order valence-electron chi connectivity index (χ4n) is 2.32. The molecule has 13 heavy (non-hydrogen) atoms. The van der Waals surface area contributed by atoms with E-state index < -0.39 is 0 Å². The quantitative estimate of drug-likeness (QED) is 0.595. The molecule has 72 valence electrons. The van der Waals surface area contributed by atoms with Gasteiger partial charge in [0, 0.05) is 12.7 Å². The van der Waals surface area contributed by atoms with Crippen LogP contribution in [0.25, 0.3) is 0 Å². The van der Waals surface area contributed by atoms with Crippen molar-refractivity contribution in [1.82, 2.24) is 9.78 Å². The first kappa shape index (κ1) is 8.79. The normalized spacial score (nSPS) is 20.0. The summed E-state index contributed by atoms with van der Waals surface area (Å²) >= 11 is 0. The smallest absolute Gasteiger partial charge is 0.0628 e. The van der Waals surface area contributed by atoms with E-state index in [2.05, 4.69) is 37.6 Å². The summed E-state index contributed by atoms with van der Waals surface area (Å²) in [6.45, 7) is 6.82. The van der Waals surface area contributed by atoms with E-state index in [9.17, 15) is 0 Å². The first-order valence-electron chi connectivity index (χ1n) is 5.01. The average molecular weight is 178 g/mol. The lowest BCUT2D eigenvalue weighted by atomic mass is 9.76. The number of fused-ring (bicyclic) bond motifs is 1. The summed E-state index contributed by atoms with van der Waals surface area (Å²) in [6.07, 6.45) is 3.68. The van der Waals surface area contributed by atoms with E-state index in [1.807, 2.05) is 0 Å². The summed E-state index contributed by atoms with van der Waals surface area (Å²) in [6, 6.07) is 0. The Morgan fingerprint density at radius 1 is 1.38 bits per heavy atom.